The van der Waals surface area contributed by atoms with Crippen LogP contribution in [0.25, 0.3) is 0 Å². The van der Waals surface area contributed by atoms with Crippen LogP contribution in [0.3, 0.4) is 0 Å². The molecule has 3 rings (SSSR count). The van der Waals surface area contributed by atoms with Crippen molar-refractivity contribution in [3.8, 4) is 0 Å². The molecule has 0 N–H and O–H groups in total. The van der Waals surface area contributed by atoms with Crippen LogP contribution in [0.1, 0.15) is 86.8 Å². The van der Waals surface area contributed by atoms with Gasteiger partial charge in [-0.05, 0) is 87.4 Å². The molecule has 1 aromatic carbocycles. The van der Waals surface area contributed by atoms with Gasteiger partial charge in [-0.15, -0.1) is 0 Å². The number of likely N-dealkylation sites (tertiary alicyclic amines) is 1. The highest BCUT2D eigenvalue weighted by Gasteiger charge is 2.38. The predicted octanol–water partition coefficient (Wildman–Crippen LogP) is 7.73. The number of hydrogen-bond acceptors (Lipinski definition) is 6. The fourth-order valence-electron chi connectivity index (χ4n) is 4.98. The number of hydrogen-bond donors (Lipinski definition) is 0. The van der Waals surface area contributed by atoms with Crippen LogP contribution in [0.2, 0.25) is 23.2 Å². The number of oxime groups is 1. The first-order valence-corrected chi connectivity index (χ1v) is 18.5. The molecule has 2 aliphatic heterocycles. The van der Waals surface area contributed by atoms with E-state index in [0.29, 0.717) is 34.7 Å². The highest BCUT2D eigenvalue weighted by atomic mass is 35.5. The molecule has 7 nitrogen and oxygen atoms in total. The topological polar surface area (TPSA) is 77.4 Å². The number of aryl methyl sites for hydroxylation is 2. The molecule has 232 valence electrons. The van der Waals surface area contributed by atoms with Crippen molar-refractivity contribution >= 4 is 37.5 Å². The quantitative estimate of drug-likeness (QED) is 0.146. The minimum Gasteiger partial charge on any atom is -0.459 e. The monoisotopic (exact) mass is 616 g/mol. The van der Waals surface area contributed by atoms with E-state index < -0.39 is 14.3 Å². The van der Waals surface area contributed by atoms with Crippen molar-refractivity contribution in [2.75, 3.05) is 19.7 Å². The minimum atomic E-state index is -2.05. The molecule has 0 radical (unpaired) electrons. The number of halogens is 1. The molecule has 1 amide bonds. The van der Waals surface area contributed by atoms with Crippen LogP contribution >= 0.6 is 11.6 Å². The third-order valence-corrected chi connectivity index (χ3v) is 13.5. The van der Waals surface area contributed by atoms with E-state index in [4.69, 9.17) is 25.6 Å². The molecule has 0 unspecified atom stereocenters. The first-order valence-electron chi connectivity index (χ1n) is 15.2. The SMILES string of the molecule is Cc1cc(C)c2c(c1Cl)CC(=NOCC(=O)N1CCCCC1)/C=C/C[C@@H](O[Si](C)(C)C(C)(C)C)/C=C/C[C@@H](C)OC2=O. The van der Waals surface area contributed by atoms with E-state index in [-0.39, 0.29) is 36.2 Å². The summed E-state index contributed by atoms with van der Waals surface area (Å²) in [6.45, 7) is 18.2. The van der Waals surface area contributed by atoms with Crippen LogP contribution in [0.5, 0.6) is 0 Å². The molecule has 0 saturated carbocycles. The fraction of sp³-hybridized carbons (Fsp3) is 0.606. The van der Waals surface area contributed by atoms with Crippen LogP contribution in [0.15, 0.2) is 35.5 Å². The third-order valence-electron chi connectivity index (χ3n) is 8.44. The number of allylic oxidation sites excluding steroid dienone is 1. The van der Waals surface area contributed by atoms with Gasteiger partial charge in [-0.3, -0.25) is 4.79 Å². The van der Waals surface area contributed by atoms with Gasteiger partial charge in [0.2, 0.25) is 0 Å². The number of benzene rings is 1. The Morgan fingerprint density at radius 1 is 1.12 bits per heavy atom. The molecule has 9 heteroatoms. The molecule has 42 heavy (non-hydrogen) atoms. The maximum absolute atomic E-state index is 13.5. The Kier molecular flexibility index (Phi) is 12.0. The second kappa shape index (κ2) is 14.8. The summed E-state index contributed by atoms with van der Waals surface area (Å²) >= 11 is 6.81. The second-order valence-corrected chi connectivity index (χ2v) is 18.2. The van der Waals surface area contributed by atoms with Crippen molar-refractivity contribution in [3.05, 3.63) is 57.6 Å². The molecule has 1 aromatic rings. The minimum absolute atomic E-state index is 0.0595. The van der Waals surface area contributed by atoms with E-state index in [1.165, 1.54) is 0 Å². The van der Waals surface area contributed by atoms with Gasteiger partial charge in [0.25, 0.3) is 5.91 Å². The van der Waals surface area contributed by atoms with Crippen LogP contribution in [0.4, 0.5) is 0 Å². The number of amides is 1. The summed E-state index contributed by atoms with van der Waals surface area (Å²) in [5, 5.41) is 4.94. The lowest BCUT2D eigenvalue weighted by Gasteiger charge is -2.38. The van der Waals surface area contributed by atoms with E-state index >= 15 is 0 Å². The summed E-state index contributed by atoms with van der Waals surface area (Å²) < 4.78 is 12.6. The van der Waals surface area contributed by atoms with Crippen LogP contribution in [-0.2, 0) is 25.2 Å². The number of cyclic esters (lactones) is 1. The first kappa shape index (κ1) is 34.1. The maximum atomic E-state index is 13.5. The van der Waals surface area contributed by atoms with Crippen molar-refractivity contribution in [1.29, 1.82) is 0 Å². The van der Waals surface area contributed by atoms with Crippen LogP contribution < -0.4 is 0 Å². The predicted molar refractivity (Wildman–Crippen MR) is 173 cm³/mol. The summed E-state index contributed by atoms with van der Waals surface area (Å²) in [5.41, 5.74) is 3.30. The number of fused-ring (bicyclic) bond motifs is 1. The molecule has 0 spiro atoms. The molecular formula is C33H49ClN2O5Si. The van der Waals surface area contributed by atoms with Crippen molar-refractivity contribution in [2.45, 2.75) is 110 Å². The number of esters is 1. The number of nitrogens with zero attached hydrogens (tertiary/aromatic N) is 2. The van der Waals surface area contributed by atoms with Crippen LogP contribution in [0, 0.1) is 13.8 Å². The summed E-state index contributed by atoms with van der Waals surface area (Å²) in [5.74, 6) is -0.486. The molecule has 2 aliphatic rings. The lowest BCUT2D eigenvalue weighted by Crippen LogP contribution is -2.43. The first-order chi connectivity index (χ1) is 19.7. The molecule has 2 atom stereocenters. The Hall–Kier alpha value is -2.42. The van der Waals surface area contributed by atoms with Gasteiger partial charge in [0.1, 0.15) is 6.10 Å². The normalized spacial score (nSPS) is 23.5. The van der Waals surface area contributed by atoms with Gasteiger partial charge >= 0.3 is 5.97 Å². The van der Waals surface area contributed by atoms with E-state index in [1.54, 1.807) is 0 Å². The Labute approximate surface area is 258 Å². The highest BCUT2D eigenvalue weighted by molar-refractivity contribution is 6.74. The second-order valence-electron chi connectivity index (χ2n) is 13.1. The zero-order valence-electron chi connectivity index (χ0n) is 26.7. The van der Waals surface area contributed by atoms with Crippen molar-refractivity contribution in [1.82, 2.24) is 4.90 Å². The number of piperidine rings is 1. The highest BCUT2D eigenvalue weighted by Crippen LogP contribution is 2.38. The number of rotatable bonds is 5. The Morgan fingerprint density at radius 2 is 1.81 bits per heavy atom. The van der Waals surface area contributed by atoms with Gasteiger partial charge in [-0.2, -0.15) is 0 Å². The fourth-order valence-corrected chi connectivity index (χ4v) is 6.48. The Bertz CT molecular complexity index is 1210. The van der Waals surface area contributed by atoms with Gasteiger partial charge in [-0.25, -0.2) is 4.79 Å². The summed E-state index contributed by atoms with van der Waals surface area (Å²) in [6, 6.07) is 1.90. The Morgan fingerprint density at radius 3 is 2.48 bits per heavy atom. The average Bonchev–Trinajstić information content (AvgIpc) is 2.90. The standard InChI is InChI=1S/C33H49ClN2O5Si/c1-23-20-24(2)31(34)28-21-26(35-39-22-29(37)36-18-10-9-11-19-36)15-13-17-27(41-42(7,8)33(4,5)6)16-12-14-25(3)40-32(38)30(23)28/h12-13,15-16,20,25,27H,9-11,14,17-19,21-22H2,1-8H3/b15-13+,16-12+,35-26?/t25-,27+/m1/s1. The number of carbonyl (C=O) groups is 2. The van der Waals surface area contributed by atoms with Gasteiger partial charge in [0, 0.05) is 31.0 Å². The summed E-state index contributed by atoms with van der Waals surface area (Å²) in [4.78, 5) is 33.6. The molecule has 0 aliphatic carbocycles. The largest absolute Gasteiger partial charge is 0.459 e. The zero-order chi connectivity index (χ0) is 31.1. The van der Waals surface area contributed by atoms with E-state index in [9.17, 15) is 9.59 Å². The van der Waals surface area contributed by atoms with Crippen molar-refractivity contribution < 1.29 is 23.6 Å². The summed E-state index contributed by atoms with van der Waals surface area (Å²) in [6.07, 6.45) is 12.2. The van der Waals surface area contributed by atoms with E-state index in [0.717, 1.165) is 43.5 Å². The molecule has 0 bridgehead atoms. The maximum Gasteiger partial charge on any atom is 0.339 e. The third kappa shape index (κ3) is 9.29. The zero-order valence-corrected chi connectivity index (χ0v) is 28.5. The van der Waals surface area contributed by atoms with Crippen molar-refractivity contribution in [3.63, 3.8) is 0 Å². The smallest absolute Gasteiger partial charge is 0.339 e. The van der Waals surface area contributed by atoms with Gasteiger partial charge in [0.15, 0.2) is 14.9 Å². The number of ether oxygens (including phenoxy) is 1. The molecular weight excluding hydrogens is 568 g/mol. The molecule has 0 aromatic heterocycles. The number of carbonyl (C=O) groups excluding carboxylic acids is 2. The molecule has 2 heterocycles. The Balaban J connectivity index is 1.97. The lowest BCUT2D eigenvalue weighted by atomic mass is 9.94. The van der Waals surface area contributed by atoms with Crippen molar-refractivity contribution in [2.24, 2.45) is 5.16 Å². The summed E-state index contributed by atoms with van der Waals surface area (Å²) in [7, 11) is -2.05. The van der Waals surface area contributed by atoms with Gasteiger partial charge < -0.3 is 18.9 Å². The van der Waals surface area contributed by atoms with Crippen LogP contribution in [-0.4, -0.2) is 62.7 Å². The molecule has 1 fully saturated rings. The average molecular weight is 617 g/mol. The van der Waals surface area contributed by atoms with Gasteiger partial charge in [0.05, 0.1) is 17.4 Å². The molecule has 1 saturated heterocycles. The van der Waals surface area contributed by atoms with E-state index in [2.05, 4.69) is 45.1 Å². The van der Waals surface area contributed by atoms with E-state index in [1.807, 2.05) is 50.0 Å². The van der Waals surface area contributed by atoms with Gasteiger partial charge in [-0.1, -0.05) is 61.8 Å². The lowest BCUT2D eigenvalue weighted by molar-refractivity contribution is -0.137.